The number of rotatable bonds is 7. The van der Waals surface area contributed by atoms with Crippen LogP contribution in [-0.2, 0) is 14.3 Å². The fourth-order valence-corrected chi connectivity index (χ4v) is 2.69. The van der Waals surface area contributed by atoms with E-state index in [9.17, 15) is 22.8 Å². The monoisotopic (exact) mass is 366 g/mol. The van der Waals surface area contributed by atoms with Crippen LogP contribution >= 0.6 is 0 Å². The number of piperidine rings is 1. The third-order valence-electron chi connectivity index (χ3n) is 4.07. The quantitative estimate of drug-likeness (QED) is 0.705. The highest BCUT2D eigenvalue weighted by atomic mass is 19.4. The maximum absolute atomic E-state index is 12.2. The Morgan fingerprint density at radius 1 is 1.12 bits per heavy atom. The van der Waals surface area contributed by atoms with Gasteiger partial charge in [0.2, 0.25) is 11.8 Å². The van der Waals surface area contributed by atoms with Crippen LogP contribution in [0.25, 0.3) is 0 Å². The number of ether oxygens (including phenoxy) is 1. The Morgan fingerprint density at radius 3 is 2.24 bits per heavy atom. The van der Waals surface area contributed by atoms with Gasteiger partial charge in [-0.25, -0.2) is 0 Å². The van der Waals surface area contributed by atoms with Crippen molar-refractivity contribution in [2.45, 2.75) is 52.6 Å². The van der Waals surface area contributed by atoms with Gasteiger partial charge in [-0.15, -0.1) is 0 Å². The van der Waals surface area contributed by atoms with Gasteiger partial charge in [-0.3, -0.25) is 9.59 Å². The molecule has 1 heterocycles. The zero-order valence-corrected chi connectivity index (χ0v) is 15.2. The van der Waals surface area contributed by atoms with E-state index in [2.05, 4.69) is 10.1 Å². The van der Waals surface area contributed by atoms with Gasteiger partial charge in [0, 0.05) is 37.6 Å². The highest BCUT2D eigenvalue weighted by molar-refractivity contribution is 5.82. The van der Waals surface area contributed by atoms with Gasteiger partial charge in [-0.2, -0.15) is 13.2 Å². The fourth-order valence-electron chi connectivity index (χ4n) is 2.69. The van der Waals surface area contributed by atoms with E-state index in [1.165, 1.54) is 0 Å². The van der Waals surface area contributed by atoms with E-state index in [-0.39, 0.29) is 24.3 Å². The third kappa shape index (κ3) is 8.56. The lowest BCUT2D eigenvalue weighted by atomic mass is 9.90. The molecule has 1 aliphatic rings. The molecule has 0 saturated carbocycles. The van der Waals surface area contributed by atoms with Crippen molar-refractivity contribution < 1.29 is 27.5 Å². The van der Waals surface area contributed by atoms with E-state index in [0.717, 1.165) is 0 Å². The Morgan fingerprint density at radius 2 is 1.72 bits per heavy atom. The van der Waals surface area contributed by atoms with Crippen molar-refractivity contribution in [2.24, 2.45) is 11.3 Å². The summed E-state index contributed by atoms with van der Waals surface area (Å²) in [6.07, 6.45) is -1.97. The van der Waals surface area contributed by atoms with E-state index in [1.807, 2.05) is 25.7 Å². The number of carbonyl (C=O) groups excluding carboxylic acids is 2. The summed E-state index contributed by atoms with van der Waals surface area (Å²) in [6, 6.07) is 0. The van der Waals surface area contributed by atoms with Crippen LogP contribution in [0.4, 0.5) is 13.2 Å². The van der Waals surface area contributed by atoms with Crippen LogP contribution in [0.15, 0.2) is 0 Å². The van der Waals surface area contributed by atoms with Crippen LogP contribution < -0.4 is 5.32 Å². The van der Waals surface area contributed by atoms with E-state index in [4.69, 9.17) is 0 Å². The van der Waals surface area contributed by atoms with Gasteiger partial charge in [-0.1, -0.05) is 20.8 Å². The van der Waals surface area contributed by atoms with Crippen LogP contribution in [0.3, 0.4) is 0 Å². The molecule has 1 fully saturated rings. The molecule has 2 amide bonds. The number of likely N-dealkylation sites (tertiary alicyclic amines) is 1. The lowest BCUT2D eigenvalue weighted by Crippen LogP contribution is -2.46. The molecule has 0 bridgehead atoms. The first-order valence-electron chi connectivity index (χ1n) is 8.72. The van der Waals surface area contributed by atoms with Gasteiger partial charge in [0.15, 0.2) is 0 Å². The fraction of sp³-hybridized carbons (Fsp3) is 0.882. The number of unbranched alkanes of at least 4 members (excludes halogenated alkanes) is 1. The summed E-state index contributed by atoms with van der Waals surface area (Å²) >= 11 is 0. The minimum absolute atomic E-state index is 0.0304. The van der Waals surface area contributed by atoms with E-state index in [1.54, 1.807) is 0 Å². The Hall–Kier alpha value is -1.31. The van der Waals surface area contributed by atoms with Crippen molar-refractivity contribution >= 4 is 11.8 Å². The number of carbonyl (C=O) groups is 2. The number of hydrogen-bond acceptors (Lipinski definition) is 3. The average molecular weight is 366 g/mol. The molecule has 0 radical (unpaired) electrons. The molecule has 0 atom stereocenters. The molecule has 1 N–H and O–H groups in total. The molecule has 1 rings (SSSR count). The molecule has 5 nitrogen and oxygen atoms in total. The topological polar surface area (TPSA) is 58.6 Å². The molecule has 1 saturated heterocycles. The van der Waals surface area contributed by atoms with E-state index < -0.39 is 18.2 Å². The van der Waals surface area contributed by atoms with Crippen LogP contribution in [0.2, 0.25) is 0 Å². The third-order valence-corrected chi connectivity index (χ3v) is 4.07. The molecule has 0 spiro atoms. The number of nitrogens with one attached hydrogen (secondary N) is 1. The Balaban J connectivity index is 2.14. The summed E-state index contributed by atoms with van der Waals surface area (Å²) in [6.45, 7) is 6.04. The number of alkyl halides is 3. The number of hydrogen-bond donors (Lipinski definition) is 1. The molecule has 8 heteroatoms. The molecular weight excluding hydrogens is 337 g/mol. The summed E-state index contributed by atoms with van der Waals surface area (Å²) in [5.41, 5.74) is -0.413. The first-order chi connectivity index (χ1) is 11.5. The molecule has 1 aliphatic heterocycles. The van der Waals surface area contributed by atoms with Gasteiger partial charge < -0.3 is 15.0 Å². The summed E-state index contributed by atoms with van der Waals surface area (Å²) in [4.78, 5) is 26.1. The smallest absolute Gasteiger partial charge is 0.372 e. The van der Waals surface area contributed by atoms with Crippen molar-refractivity contribution in [3.63, 3.8) is 0 Å². The summed E-state index contributed by atoms with van der Waals surface area (Å²) in [5, 5.41) is 2.81. The Labute approximate surface area is 147 Å². The van der Waals surface area contributed by atoms with Gasteiger partial charge in [0.1, 0.15) is 6.61 Å². The van der Waals surface area contributed by atoms with Crippen LogP contribution in [0.5, 0.6) is 0 Å². The molecule has 146 valence electrons. The molecule has 25 heavy (non-hydrogen) atoms. The second-order valence-corrected chi connectivity index (χ2v) is 7.48. The van der Waals surface area contributed by atoms with Crippen molar-refractivity contribution in [1.29, 1.82) is 0 Å². The van der Waals surface area contributed by atoms with Gasteiger partial charge in [-0.05, 0) is 25.7 Å². The maximum Gasteiger partial charge on any atom is 0.411 e. The molecule has 0 aromatic heterocycles. The normalized spacial score (nSPS) is 16.8. The average Bonchev–Trinajstić information content (AvgIpc) is 2.51. The second kappa shape index (κ2) is 9.40. The second-order valence-electron chi connectivity index (χ2n) is 7.48. The standard InChI is InChI=1S/C17H29F3N2O3/c1-16(2,3)15(24)22-9-6-13(7-10-22)14(23)21-8-4-5-11-25-12-17(18,19)20/h13H,4-12H2,1-3H3,(H,21,23). The number of nitrogens with zero attached hydrogens (tertiary/aromatic N) is 1. The highest BCUT2D eigenvalue weighted by Crippen LogP contribution is 2.23. The highest BCUT2D eigenvalue weighted by Gasteiger charge is 2.32. The predicted molar refractivity (Wildman–Crippen MR) is 87.9 cm³/mol. The Bertz CT molecular complexity index is 439. The summed E-state index contributed by atoms with van der Waals surface area (Å²) < 4.78 is 40.1. The van der Waals surface area contributed by atoms with Crippen LogP contribution in [-0.4, -0.2) is 55.7 Å². The zero-order chi connectivity index (χ0) is 19.1. The molecular formula is C17H29F3N2O3. The van der Waals surface area contributed by atoms with E-state index >= 15 is 0 Å². The first-order valence-corrected chi connectivity index (χ1v) is 8.72. The number of amides is 2. The summed E-state index contributed by atoms with van der Waals surface area (Å²) in [5.74, 6) is -0.0465. The summed E-state index contributed by atoms with van der Waals surface area (Å²) in [7, 11) is 0. The number of halogens is 3. The van der Waals surface area contributed by atoms with Crippen LogP contribution in [0.1, 0.15) is 46.5 Å². The van der Waals surface area contributed by atoms with Crippen LogP contribution in [0, 0.1) is 11.3 Å². The van der Waals surface area contributed by atoms with Crippen molar-refractivity contribution in [1.82, 2.24) is 10.2 Å². The Kier molecular flexibility index (Phi) is 8.18. The molecule has 0 unspecified atom stereocenters. The largest absolute Gasteiger partial charge is 0.411 e. The van der Waals surface area contributed by atoms with Crippen molar-refractivity contribution in [3.8, 4) is 0 Å². The van der Waals surface area contributed by atoms with Gasteiger partial charge in [0.25, 0.3) is 0 Å². The van der Waals surface area contributed by atoms with Gasteiger partial charge >= 0.3 is 6.18 Å². The zero-order valence-electron chi connectivity index (χ0n) is 15.2. The SMILES string of the molecule is CC(C)(C)C(=O)N1CCC(C(=O)NCCCCOCC(F)(F)F)CC1. The van der Waals surface area contributed by atoms with Crippen molar-refractivity contribution in [3.05, 3.63) is 0 Å². The maximum atomic E-state index is 12.2. The lowest BCUT2D eigenvalue weighted by Gasteiger charge is -2.35. The minimum atomic E-state index is -4.29. The molecule has 0 aromatic carbocycles. The predicted octanol–water partition coefficient (Wildman–Crippen LogP) is 2.75. The lowest BCUT2D eigenvalue weighted by molar-refractivity contribution is -0.174. The minimum Gasteiger partial charge on any atom is -0.372 e. The molecule has 0 aliphatic carbocycles. The van der Waals surface area contributed by atoms with E-state index in [0.29, 0.717) is 45.3 Å². The van der Waals surface area contributed by atoms with Crippen molar-refractivity contribution in [2.75, 3.05) is 32.8 Å². The van der Waals surface area contributed by atoms with Gasteiger partial charge in [0.05, 0.1) is 0 Å². The molecule has 0 aromatic rings. The first kappa shape index (κ1) is 21.7.